The van der Waals surface area contributed by atoms with Crippen molar-refractivity contribution >= 4 is 6.08 Å². The predicted octanol–water partition coefficient (Wildman–Crippen LogP) is 4.30. The molecule has 0 bridgehead atoms. The van der Waals surface area contributed by atoms with Gasteiger partial charge in [0, 0.05) is 0 Å². The average molecular weight is 186 g/mol. The van der Waals surface area contributed by atoms with Gasteiger partial charge in [-0.15, -0.1) is 6.58 Å². The molecule has 0 nitrogen and oxygen atoms in total. The molecule has 74 valence electrons. The largest absolute Gasteiger partial charge is 0.100 e. The molecule has 0 heteroatoms. The van der Waals surface area contributed by atoms with Gasteiger partial charge in [-0.3, -0.25) is 0 Å². The van der Waals surface area contributed by atoms with Gasteiger partial charge in [-0.2, -0.15) is 0 Å². The molecule has 0 aliphatic carbocycles. The second-order valence-electron chi connectivity index (χ2n) is 3.91. The summed E-state index contributed by atoms with van der Waals surface area (Å²) in [6, 6.07) is 10.4. The summed E-state index contributed by atoms with van der Waals surface area (Å²) in [5.74, 6) is 0.577. The van der Waals surface area contributed by atoms with Gasteiger partial charge in [0.2, 0.25) is 0 Å². The maximum Gasteiger partial charge on any atom is -0.0222 e. The molecule has 0 fully saturated rings. The maximum absolute atomic E-state index is 3.92. The standard InChI is InChI=1S/C14H18/c1-12(2)11-13(3)9-10-14-7-5-4-6-8-14/h4-10,13H,1,11H2,2-3H3/b10-9+/t13-/m1/s1. The molecule has 0 aliphatic rings. The van der Waals surface area contributed by atoms with Crippen LogP contribution in [-0.2, 0) is 0 Å². The third kappa shape index (κ3) is 4.08. The molecule has 1 atom stereocenters. The molecule has 0 N–H and O–H groups in total. The van der Waals surface area contributed by atoms with Crippen LogP contribution in [0.1, 0.15) is 25.8 Å². The lowest BCUT2D eigenvalue weighted by Crippen LogP contribution is -1.89. The number of hydrogen-bond acceptors (Lipinski definition) is 0. The van der Waals surface area contributed by atoms with Crippen LogP contribution in [0.25, 0.3) is 6.08 Å². The van der Waals surface area contributed by atoms with Crippen molar-refractivity contribution < 1.29 is 0 Å². The molecular weight excluding hydrogens is 168 g/mol. The summed E-state index contributed by atoms with van der Waals surface area (Å²) in [5.41, 5.74) is 2.51. The first kappa shape index (κ1) is 10.8. The molecule has 14 heavy (non-hydrogen) atoms. The number of benzene rings is 1. The zero-order chi connectivity index (χ0) is 10.4. The molecule has 1 aromatic carbocycles. The van der Waals surface area contributed by atoms with Crippen molar-refractivity contribution in [2.45, 2.75) is 20.3 Å². The van der Waals surface area contributed by atoms with Crippen LogP contribution in [0.5, 0.6) is 0 Å². The molecule has 0 aliphatic heterocycles. The lowest BCUT2D eigenvalue weighted by atomic mass is 10.0. The van der Waals surface area contributed by atoms with Crippen LogP contribution in [0.2, 0.25) is 0 Å². The highest BCUT2D eigenvalue weighted by Gasteiger charge is 1.96. The monoisotopic (exact) mass is 186 g/mol. The molecule has 0 radical (unpaired) electrons. The fourth-order valence-electron chi connectivity index (χ4n) is 1.46. The van der Waals surface area contributed by atoms with Gasteiger partial charge in [0.25, 0.3) is 0 Å². The lowest BCUT2D eigenvalue weighted by molar-refractivity contribution is 0.721. The van der Waals surface area contributed by atoms with Crippen molar-refractivity contribution in [2.75, 3.05) is 0 Å². The number of rotatable bonds is 4. The van der Waals surface area contributed by atoms with E-state index in [9.17, 15) is 0 Å². The Morgan fingerprint density at radius 1 is 1.36 bits per heavy atom. The summed E-state index contributed by atoms with van der Waals surface area (Å²) < 4.78 is 0. The van der Waals surface area contributed by atoms with E-state index in [2.05, 4.69) is 56.8 Å². The Bertz CT molecular complexity index is 306. The molecular formula is C14H18. The molecule has 0 aromatic heterocycles. The summed E-state index contributed by atoms with van der Waals surface area (Å²) in [7, 11) is 0. The van der Waals surface area contributed by atoms with E-state index in [1.54, 1.807) is 0 Å². The van der Waals surface area contributed by atoms with Crippen molar-refractivity contribution in [3.63, 3.8) is 0 Å². The van der Waals surface area contributed by atoms with E-state index in [0.29, 0.717) is 5.92 Å². The van der Waals surface area contributed by atoms with Gasteiger partial charge in [0.1, 0.15) is 0 Å². The van der Waals surface area contributed by atoms with Crippen molar-refractivity contribution in [3.05, 3.63) is 54.1 Å². The van der Waals surface area contributed by atoms with Gasteiger partial charge in [-0.05, 0) is 24.8 Å². The summed E-state index contributed by atoms with van der Waals surface area (Å²) in [6.45, 7) is 8.21. The van der Waals surface area contributed by atoms with E-state index in [1.807, 2.05) is 6.07 Å². The normalized spacial score (nSPS) is 13.0. The molecule has 0 heterocycles. The summed E-state index contributed by atoms with van der Waals surface area (Å²) in [5, 5.41) is 0. The smallest absolute Gasteiger partial charge is 0.0222 e. The zero-order valence-corrected chi connectivity index (χ0v) is 9.03. The van der Waals surface area contributed by atoms with Gasteiger partial charge in [-0.25, -0.2) is 0 Å². The van der Waals surface area contributed by atoms with Crippen LogP contribution in [0.15, 0.2) is 48.6 Å². The van der Waals surface area contributed by atoms with Crippen molar-refractivity contribution in [3.8, 4) is 0 Å². The third-order valence-electron chi connectivity index (χ3n) is 2.09. The third-order valence-corrected chi connectivity index (χ3v) is 2.09. The van der Waals surface area contributed by atoms with Crippen LogP contribution in [0.4, 0.5) is 0 Å². The topological polar surface area (TPSA) is 0 Å². The highest BCUT2D eigenvalue weighted by Crippen LogP contribution is 2.12. The maximum atomic E-state index is 3.92. The van der Waals surface area contributed by atoms with Gasteiger partial charge in [0.05, 0.1) is 0 Å². The first-order valence-electron chi connectivity index (χ1n) is 5.06. The Labute approximate surface area is 87.0 Å². The van der Waals surface area contributed by atoms with Gasteiger partial charge in [0.15, 0.2) is 0 Å². The SMILES string of the molecule is C=C(C)C[C@H](C)/C=C/c1ccccc1. The highest BCUT2D eigenvalue weighted by atomic mass is 14.0. The molecule has 1 aromatic rings. The first-order valence-corrected chi connectivity index (χ1v) is 5.06. The zero-order valence-electron chi connectivity index (χ0n) is 9.03. The van der Waals surface area contributed by atoms with Crippen LogP contribution >= 0.6 is 0 Å². The Balaban J connectivity index is 2.52. The molecule has 1 rings (SSSR count). The Morgan fingerprint density at radius 2 is 2.00 bits per heavy atom. The summed E-state index contributed by atoms with van der Waals surface area (Å²) in [6.07, 6.45) is 5.49. The Hall–Kier alpha value is -1.30. The molecule has 0 saturated carbocycles. The van der Waals surface area contributed by atoms with Crippen LogP contribution in [-0.4, -0.2) is 0 Å². The van der Waals surface area contributed by atoms with Gasteiger partial charge < -0.3 is 0 Å². The lowest BCUT2D eigenvalue weighted by Gasteiger charge is -2.04. The first-order chi connectivity index (χ1) is 6.68. The number of hydrogen-bond donors (Lipinski definition) is 0. The van der Waals surface area contributed by atoms with E-state index in [4.69, 9.17) is 0 Å². The summed E-state index contributed by atoms with van der Waals surface area (Å²) in [4.78, 5) is 0. The second kappa shape index (κ2) is 5.43. The second-order valence-corrected chi connectivity index (χ2v) is 3.91. The van der Waals surface area contributed by atoms with E-state index in [0.717, 1.165) is 6.42 Å². The van der Waals surface area contributed by atoms with Crippen LogP contribution < -0.4 is 0 Å². The molecule has 0 unspecified atom stereocenters. The minimum atomic E-state index is 0.577. The minimum absolute atomic E-state index is 0.577. The van der Waals surface area contributed by atoms with Crippen molar-refractivity contribution in [1.29, 1.82) is 0 Å². The Kier molecular flexibility index (Phi) is 4.18. The van der Waals surface area contributed by atoms with Gasteiger partial charge >= 0.3 is 0 Å². The summed E-state index contributed by atoms with van der Waals surface area (Å²) >= 11 is 0. The van der Waals surface area contributed by atoms with E-state index in [1.165, 1.54) is 11.1 Å². The fraction of sp³-hybridized carbons (Fsp3) is 0.286. The predicted molar refractivity (Wildman–Crippen MR) is 64.1 cm³/mol. The van der Waals surface area contributed by atoms with Crippen molar-refractivity contribution in [1.82, 2.24) is 0 Å². The van der Waals surface area contributed by atoms with Crippen LogP contribution in [0.3, 0.4) is 0 Å². The van der Waals surface area contributed by atoms with Gasteiger partial charge in [-0.1, -0.05) is 55.0 Å². The minimum Gasteiger partial charge on any atom is -0.100 e. The average Bonchev–Trinajstić information content (AvgIpc) is 2.15. The number of allylic oxidation sites excluding steroid dienone is 2. The van der Waals surface area contributed by atoms with E-state index >= 15 is 0 Å². The van der Waals surface area contributed by atoms with Crippen molar-refractivity contribution in [2.24, 2.45) is 5.92 Å². The fourth-order valence-corrected chi connectivity index (χ4v) is 1.46. The molecule has 0 saturated heterocycles. The Morgan fingerprint density at radius 3 is 2.57 bits per heavy atom. The van der Waals surface area contributed by atoms with Crippen LogP contribution in [0, 0.1) is 5.92 Å². The quantitative estimate of drug-likeness (QED) is 0.615. The highest BCUT2D eigenvalue weighted by molar-refractivity contribution is 5.48. The van der Waals surface area contributed by atoms with E-state index in [-0.39, 0.29) is 0 Å². The molecule has 0 amide bonds. The molecule has 0 spiro atoms. The van der Waals surface area contributed by atoms with E-state index < -0.39 is 0 Å².